The van der Waals surface area contributed by atoms with E-state index in [1.165, 1.54) is 23.1 Å². The molecule has 2 N–H and O–H groups in total. The van der Waals surface area contributed by atoms with Gasteiger partial charge in [-0.25, -0.2) is 4.98 Å². The van der Waals surface area contributed by atoms with E-state index in [2.05, 4.69) is 4.98 Å². The van der Waals surface area contributed by atoms with Crippen molar-refractivity contribution in [3.8, 4) is 11.1 Å². The van der Waals surface area contributed by atoms with Gasteiger partial charge in [-0.3, -0.25) is 14.2 Å². The molecule has 0 spiro atoms. The molecule has 1 aromatic carbocycles. The number of hydrogen-bond acceptors (Lipinski definition) is 5. The minimum Gasteiger partial charge on any atom is -0.369 e. The highest BCUT2D eigenvalue weighted by molar-refractivity contribution is 8.00. The molecular formula is C17H17N3O2S2. The lowest BCUT2D eigenvalue weighted by molar-refractivity contribution is -0.117. The van der Waals surface area contributed by atoms with Crippen molar-refractivity contribution in [2.45, 2.75) is 30.8 Å². The standard InChI is InChI=1S/C17H17N3O2S2/c1-3-20-16(22)13-12(11-7-5-4-6-8-11)9-23-15(13)19-17(20)24-10(2)14(18)21/h4-10H,3H2,1-2H3,(H2,18,21)/t10-/m0/s1. The molecule has 0 unspecified atom stereocenters. The molecule has 1 atom stereocenters. The molecule has 0 aliphatic rings. The van der Waals surface area contributed by atoms with Crippen LogP contribution in [0, 0.1) is 0 Å². The number of nitrogens with two attached hydrogens (primary N) is 1. The fraction of sp³-hybridized carbons (Fsp3) is 0.235. The van der Waals surface area contributed by atoms with E-state index in [0.29, 0.717) is 21.9 Å². The molecule has 2 aromatic heterocycles. The van der Waals surface area contributed by atoms with Crippen LogP contribution in [0.1, 0.15) is 13.8 Å². The zero-order valence-electron chi connectivity index (χ0n) is 13.4. The third-order valence-corrected chi connectivity index (χ3v) is 5.72. The molecular weight excluding hydrogens is 342 g/mol. The number of carbonyl (C=O) groups is 1. The van der Waals surface area contributed by atoms with Crippen LogP contribution in [-0.4, -0.2) is 20.7 Å². The lowest BCUT2D eigenvalue weighted by Gasteiger charge is -2.12. The van der Waals surface area contributed by atoms with Gasteiger partial charge in [-0.1, -0.05) is 42.1 Å². The van der Waals surface area contributed by atoms with Gasteiger partial charge < -0.3 is 5.73 Å². The van der Waals surface area contributed by atoms with Crippen LogP contribution in [0.15, 0.2) is 45.7 Å². The van der Waals surface area contributed by atoms with Gasteiger partial charge in [0.1, 0.15) is 4.83 Å². The smallest absolute Gasteiger partial charge is 0.263 e. The molecule has 0 aliphatic carbocycles. The number of carbonyl (C=O) groups excluding carboxylic acids is 1. The van der Waals surface area contributed by atoms with Gasteiger partial charge in [0.15, 0.2) is 5.16 Å². The normalized spacial score (nSPS) is 12.4. The summed E-state index contributed by atoms with van der Waals surface area (Å²) < 4.78 is 1.60. The summed E-state index contributed by atoms with van der Waals surface area (Å²) in [6.45, 7) is 4.09. The van der Waals surface area contributed by atoms with Crippen molar-refractivity contribution in [2.24, 2.45) is 5.73 Å². The minimum absolute atomic E-state index is 0.0817. The largest absolute Gasteiger partial charge is 0.369 e. The summed E-state index contributed by atoms with van der Waals surface area (Å²) >= 11 is 2.66. The van der Waals surface area contributed by atoms with E-state index in [1.807, 2.05) is 42.6 Å². The highest BCUT2D eigenvalue weighted by Gasteiger charge is 2.19. The summed E-state index contributed by atoms with van der Waals surface area (Å²) in [6, 6.07) is 9.80. The monoisotopic (exact) mass is 359 g/mol. The first kappa shape index (κ1) is 16.7. The maximum atomic E-state index is 13.0. The molecule has 5 nitrogen and oxygen atoms in total. The summed E-state index contributed by atoms with van der Waals surface area (Å²) in [5, 5.41) is 2.67. The Balaban J connectivity index is 2.19. The van der Waals surface area contributed by atoms with Gasteiger partial charge in [0.05, 0.1) is 10.6 Å². The van der Waals surface area contributed by atoms with Crippen molar-refractivity contribution in [3.63, 3.8) is 0 Å². The van der Waals surface area contributed by atoms with Gasteiger partial charge in [-0.15, -0.1) is 11.3 Å². The van der Waals surface area contributed by atoms with Crippen LogP contribution in [0.25, 0.3) is 21.3 Å². The lowest BCUT2D eigenvalue weighted by atomic mass is 10.1. The van der Waals surface area contributed by atoms with Gasteiger partial charge in [0.25, 0.3) is 5.56 Å². The van der Waals surface area contributed by atoms with Gasteiger partial charge in [0.2, 0.25) is 5.91 Å². The molecule has 0 saturated heterocycles. The molecule has 3 aromatic rings. The summed E-state index contributed by atoms with van der Waals surface area (Å²) in [4.78, 5) is 29.6. The van der Waals surface area contributed by atoms with Crippen molar-refractivity contribution >= 4 is 39.2 Å². The number of thioether (sulfide) groups is 1. The highest BCUT2D eigenvalue weighted by Crippen LogP contribution is 2.32. The van der Waals surface area contributed by atoms with Gasteiger partial charge in [-0.05, 0) is 19.4 Å². The summed E-state index contributed by atoms with van der Waals surface area (Å²) in [5.74, 6) is -0.423. The van der Waals surface area contributed by atoms with Gasteiger partial charge >= 0.3 is 0 Å². The van der Waals surface area contributed by atoms with Crippen LogP contribution >= 0.6 is 23.1 Å². The third-order valence-electron chi connectivity index (χ3n) is 3.74. The van der Waals surface area contributed by atoms with Crippen LogP contribution < -0.4 is 11.3 Å². The molecule has 2 heterocycles. The molecule has 7 heteroatoms. The van der Waals surface area contributed by atoms with Gasteiger partial charge in [0, 0.05) is 17.5 Å². The van der Waals surface area contributed by atoms with Crippen molar-refractivity contribution in [3.05, 3.63) is 46.1 Å². The second-order valence-corrected chi connectivity index (χ2v) is 7.47. The molecule has 0 saturated carbocycles. The fourth-order valence-electron chi connectivity index (χ4n) is 2.42. The lowest BCUT2D eigenvalue weighted by Crippen LogP contribution is -2.26. The van der Waals surface area contributed by atoms with Crippen molar-refractivity contribution < 1.29 is 4.79 Å². The Morgan fingerprint density at radius 3 is 2.71 bits per heavy atom. The second-order valence-electron chi connectivity index (χ2n) is 5.30. The first-order valence-electron chi connectivity index (χ1n) is 7.56. The van der Waals surface area contributed by atoms with E-state index in [0.717, 1.165) is 11.1 Å². The van der Waals surface area contributed by atoms with Crippen molar-refractivity contribution in [2.75, 3.05) is 0 Å². The number of amides is 1. The number of benzene rings is 1. The average molecular weight is 359 g/mol. The summed E-state index contributed by atoms with van der Waals surface area (Å²) in [5.41, 5.74) is 7.15. The minimum atomic E-state index is -0.444. The maximum absolute atomic E-state index is 13.0. The van der Waals surface area contributed by atoms with Gasteiger partial charge in [-0.2, -0.15) is 0 Å². The third kappa shape index (κ3) is 2.97. The predicted molar refractivity (Wildman–Crippen MR) is 99.5 cm³/mol. The van der Waals surface area contributed by atoms with E-state index in [4.69, 9.17) is 5.73 Å². The van der Waals surface area contributed by atoms with E-state index >= 15 is 0 Å². The topological polar surface area (TPSA) is 78.0 Å². The first-order valence-corrected chi connectivity index (χ1v) is 9.32. The molecule has 124 valence electrons. The van der Waals surface area contributed by atoms with Crippen LogP contribution in [0.2, 0.25) is 0 Å². The highest BCUT2D eigenvalue weighted by atomic mass is 32.2. The number of hydrogen-bond donors (Lipinski definition) is 1. The van der Waals surface area contributed by atoms with Crippen LogP contribution in [0.3, 0.4) is 0 Å². The molecule has 24 heavy (non-hydrogen) atoms. The number of aromatic nitrogens is 2. The number of rotatable bonds is 5. The number of primary amides is 1. The molecule has 0 aliphatic heterocycles. The molecule has 1 amide bonds. The summed E-state index contributed by atoms with van der Waals surface area (Å²) in [6.07, 6.45) is 0. The molecule has 0 bridgehead atoms. The summed E-state index contributed by atoms with van der Waals surface area (Å²) in [7, 11) is 0. The SMILES string of the molecule is CCn1c(S[C@@H](C)C(N)=O)nc2scc(-c3ccccc3)c2c1=O. The van der Waals surface area contributed by atoms with E-state index in [9.17, 15) is 9.59 Å². The van der Waals surface area contributed by atoms with E-state index < -0.39 is 11.2 Å². The number of nitrogens with zero attached hydrogens (tertiary/aromatic N) is 2. The maximum Gasteiger partial charge on any atom is 0.263 e. The predicted octanol–water partition coefficient (Wildman–Crippen LogP) is 3.11. The Kier molecular flexibility index (Phi) is 4.73. The number of fused-ring (bicyclic) bond motifs is 1. The van der Waals surface area contributed by atoms with Crippen molar-refractivity contribution in [1.29, 1.82) is 0 Å². The van der Waals surface area contributed by atoms with Crippen molar-refractivity contribution in [1.82, 2.24) is 9.55 Å². The Morgan fingerprint density at radius 1 is 1.38 bits per heavy atom. The first-order chi connectivity index (χ1) is 11.5. The Labute approximate surface area is 147 Å². The van der Waals surface area contributed by atoms with Crippen LogP contribution in [0.5, 0.6) is 0 Å². The van der Waals surface area contributed by atoms with Crippen LogP contribution in [-0.2, 0) is 11.3 Å². The number of thiophene rings is 1. The Morgan fingerprint density at radius 2 is 2.08 bits per heavy atom. The fourth-order valence-corrected chi connectivity index (χ4v) is 4.33. The van der Waals surface area contributed by atoms with Crippen LogP contribution in [0.4, 0.5) is 0 Å². The molecule has 0 fully saturated rings. The van der Waals surface area contributed by atoms with E-state index in [1.54, 1.807) is 11.5 Å². The second kappa shape index (κ2) is 6.78. The average Bonchev–Trinajstić information content (AvgIpc) is 3.00. The molecule has 0 radical (unpaired) electrons. The Hall–Kier alpha value is -2.12. The zero-order chi connectivity index (χ0) is 17.3. The zero-order valence-corrected chi connectivity index (χ0v) is 15.0. The molecule has 3 rings (SSSR count). The van der Waals surface area contributed by atoms with E-state index in [-0.39, 0.29) is 5.56 Å². The Bertz CT molecular complexity index is 948. The quantitative estimate of drug-likeness (QED) is 0.561.